The van der Waals surface area contributed by atoms with E-state index in [1.807, 2.05) is 12.1 Å². The molecule has 3 heterocycles. The number of hydrogen-bond donors (Lipinski definition) is 3. The average molecular weight is 241 g/mol. The van der Waals surface area contributed by atoms with E-state index in [1.54, 1.807) is 19.3 Å². The van der Waals surface area contributed by atoms with Crippen LogP contribution in [-0.4, -0.2) is 20.1 Å². The van der Waals surface area contributed by atoms with Gasteiger partial charge in [0.15, 0.2) is 0 Å². The van der Waals surface area contributed by atoms with E-state index < -0.39 is 0 Å². The number of rotatable bonds is 1. The summed E-state index contributed by atoms with van der Waals surface area (Å²) in [6, 6.07) is 4.93. The summed E-state index contributed by atoms with van der Waals surface area (Å²) in [7, 11) is 0. The zero-order valence-electron chi connectivity index (χ0n) is 9.69. The molecule has 0 saturated carbocycles. The molecule has 0 spiro atoms. The zero-order valence-corrected chi connectivity index (χ0v) is 9.69. The molecule has 5 heteroatoms. The Labute approximate surface area is 102 Å². The lowest BCUT2D eigenvalue weighted by molar-refractivity contribution is 0.470. The second kappa shape index (κ2) is 3.73. The van der Waals surface area contributed by atoms with Gasteiger partial charge in [0.05, 0.1) is 16.7 Å². The molecule has 0 aliphatic carbocycles. The Hall–Kier alpha value is -2.56. The topological polar surface area (TPSA) is 81.8 Å². The Kier molecular flexibility index (Phi) is 2.19. The van der Waals surface area contributed by atoms with Crippen molar-refractivity contribution in [2.45, 2.75) is 6.92 Å². The summed E-state index contributed by atoms with van der Waals surface area (Å²) in [4.78, 5) is 21.5. The highest BCUT2D eigenvalue weighted by Crippen LogP contribution is 2.26. The number of nitrogens with one attached hydrogen (secondary N) is 2. The molecule has 0 unspecified atom stereocenters. The Morgan fingerprint density at radius 2 is 2.17 bits per heavy atom. The number of aromatic amines is 2. The van der Waals surface area contributed by atoms with Crippen LogP contribution in [0.25, 0.3) is 22.3 Å². The monoisotopic (exact) mass is 241 g/mol. The van der Waals surface area contributed by atoms with Crippen molar-refractivity contribution in [1.29, 1.82) is 0 Å². The molecule has 3 aromatic heterocycles. The van der Waals surface area contributed by atoms with Crippen LogP contribution in [0.3, 0.4) is 0 Å². The minimum atomic E-state index is -0.334. The van der Waals surface area contributed by atoms with Gasteiger partial charge in [0.25, 0.3) is 5.56 Å². The van der Waals surface area contributed by atoms with E-state index in [2.05, 4.69) is 15.0 Å². The number of nitrogens with zero attached hydrogens (tertiary/aromatic N) is 1. The van der Waals surface area contributed by atoms with E-state index in [4.69, 9.17) is 0 Å². The number of aromatic hydroxyl groups is 1. The molecule has 3 rings (SSSR count). The van der Waals surface area contributed by atoms with Crippen LogP contribution < -0.4 is 5.56 Å². The van der Waals surface area contributed by atoms with Crippen molar-refractivity contribution in [3.8, 4) is 17.0 Å². The van der Waals surface area contributed by atoms with E-state index in [-0.39, 0.29) is 11.3 Å². The van der Waals surface area contributed by atoms with E-state index in [0.717, 1.165) is 16.6 Å². The normalized spacial score (nSPS) is 10.9. The molecule has 0 aliphatic heterocycles. The van der Waals surface area contributed by atoms with Gasteiger partial charge in [-0.25, -0.2) is 0 Å². The fraction of sp³-hybridized carbons (Fsp3) is 0.0769. The second-order valence-electron chi connectivity index (χ2n) is 4.15. The van der Waals surface area contributed by atoms with Gasteiger partial charge in [0.1, 0.15) is 5.75 Å². The van der Waals surface area contributed by atoms with Gasteiger partial charge in [-0.05, 0) is 19.1 Å². The fourth-order valence-electron chi connectivity index (χ4n) is 1.97. The lowest BCUT2D eigenvalue weighted by Crippen LogP contribution is -2.06. The van der Waals surface area contributed by atoms with Crippen LogP contribution in [0.1, 0.15) is 5.56 Å². The first-order chi connectivity index (χ1) is 8.65. The zero-order chi connectivity index (χ0) is 12.7. The average Bonchev–Trinajstić information content (AvgIpc) is 2.80. The quantitative estimate of drug-likeness (QED) is 0.608. The molecule has 0 atom stereocenters. The molecule has 3 N–H and O–H groups in total. The fourth-order valence-corrected chi connectivity index (χ4v) is 1.97. The van der Waals surface area contributed by atoms with E-state index >= 15 is 0 Å². The van der Waals surface area contributed by atoms with Crippen LogP contribution in [-0.2, 0) is 0 Å². The van der Waals surface area contributed by atoms with Gasteiger partial charge < -0.3 is 15.1 Å². The molecule has 0 aliphatic rings. The largest absolute Gasteiger partial charge is 0.507 e. The standard InChI is InChI=1S/C13H11N3O2/c1-7-11(17)5-12(18)16-13(7)8-4-10-9(15-6-8)2-3-14-10/h2-6,14H,1H3,(H2,16,17,18). The highest BCUT2D eigenvalue weighted by molar-refractivity contribution is 5.80. The molecule has 0 bridgehead atoms. The smallest absolute Gasteiger partial charge is 0.252 e. The Morgan fingerprint density at radius 3 is 3.00 bits per heavy atom. The second-order valence-corrected chi connectivity index (χ2v) is 4.15. The lowest BCUT2D eigenvalue weighted by Gasteiger charge is -2.07. The molecule has 90 valence electrons. The Morgan fingerprint density at radius 1 is 1.33 bits per heavy atom. The SMILES string of the molecule is Cc1c(O)cc(=O)[nH]c1-c1cnc2cc[nH]c2c1. The van der Waals surface area contributed by atoms with Crippen LogP contribution in [0.15, 0.2) is 35.4 Å². The lowest BCUT2D eigenvalue weighted by atomic mass is 10.1. The third kappa shape index (κ3) is 1.57. The van der Waals surface area contributed by atoms with E-state index in [9.17, 15) is 9.90 Å². The predicted octanol–water partition coefficient (Wildman–Crippen LogP) is 1.93. The highest BCUT2D eigenvalue weighted by Gasteiger charge is 2.09. The molecular weight excluding hydrogens is 230 g/mol. The molecule has 0 fully saturated rings. The van der Waals surface area contributed by atoms with Crippen LogP contribution in [0.5, 0.6) is 5.75 Å². The van der Waals surface area contributed by atoms with Crippen molar-refractivity contribution >= 4 is 11.0 Å². The molecule has 5 nitrogen and oxygen atoms in total. The van der Waals surface area contributed by atoms with Gasteiger partial charge >= 0.3 is 0 Å². The summed E-state index contributed by atoms with van der Waals surface area (Å²) >= 11 is 0. The number of hydrogen-bond acceptors (Lipinski definition) is 3. The number of fused-ring (bicyclic) bond motifs is 1. The van der Waals surface area contributed by atoms with Crippen molar-refractivity contribution in [3.05, 3.63) is 46.5 Å². The van der Waals surface area contributed by atoms with Crippen LogP contribution in [0.2, 0.25) is 0 Å². The molecular formula is C13H11N3O2. The number of aromatic nitrogens is 3. The Bertz CT molecular complexity index is 786. The summed E-state index contributed by atoms with van der Waals surface area (Å²) in [5.41, 5.74) is 3.39. The van der Waals surface area contributed by atoms with Crippen LogP contribution >= 0.6 is 0 Å². The van der Waals surface area contributed by atoms with Gasteiger partial charge in [0.2, 0.25) is 0 Å². The van der Waals surface area contributed by atoms with Crippen molar-refractivity contribution in [3.63, 3.8) is 0 Å². The maximum atomic E-state index is 11.4. The molecule has 0 amide bonds. The van der Waals surface area contributed by atoms with Crippen molar-refractivity contribution < 1.29 is 5.11 Å². The minimum absolute atomic E-state index is 0.0136. The van der Waals surface area contributed by atoms with Gasteiger partial charge in [-0.3, -0.25) is 9.78 Å². The molecule has 3 aromatic rings. The van der Waals surface area contributed by atoms with Gasteiger partial charge in [0, 0.05) is 29.6 Å². The molecule has 18 heavy (non-hydrogen) atoms. The molecule has 0 aromatic carbocycles. The summed E-state index contributed by atoms with van der Waals surface area (Å²) in [6.07, 6.45) is 3.48. The van der Waals surface area contributed by atoms with Gasteiger partial charge in [-0.2, -0.15) is 0 Å². The number of pyridine rings is 2. The number of H-pyrrole nitrogens is 2. The molecule has 0 radical (unpaired) electrons. The van der Waals surface area contributed by atoms with Crippen LogP contribution in [0.4, 0.5) is 0 Å². The van der Waals surface area contributed by atoms with Crippen molar-refractivity contribution in [1.82, 2.24) is 15.0 Å². The van der Waals surface area contributed by atoms with Crippen molar-refractivity contribution in [2.24, 2.45) is 0 Å². The maximum Gasteiger partial charge on any atom is 0.252 e. The van der Waals surface area contributed by atoms with Gasteiger partial charge in [-0.1, -0.05) is 0 Å². The summed E-state index contributed by atoms with van der Waals surface area (Å²) < 4.78 is 0. The summed E-state index contributed by atoms with van der Waals surface area (Å²) in [5.74, 6) is -0.0136. The minimum Gasteiger partial charge on any atom is -0.507 e. The first kappa shape index (κ1) is 10.6. The first-order valence-corrected chi connectivity index (χ1v) is 5.51. The maximum absolute atomic E-state index is 11.4. The van der Waals surface area contributed by atoms with E-state index in [1.165, 1.54) is 6.07 Å². The predicted molar refractivity (Wildman–Crippen MR) is 68.6 cm³/mol. The summed E-state index contributed by atoms with van der Waals surface area (Å²) in [6.45, 7) is 1.75. The third-order valence-corrected chi connectivity index (χ3v) is 2.96. The Balaban J connectivity index is 2.28. The highest BCUT2D eigenvalue weighted by atomic mass is 16.3. The first-order valence-electron chi connectivity index (χ1n) is 5.51. The van der Waals surface area contributed by atoms with Gasteiger partial charge in [-0.15, -0.1) is 0 Å². The van der Waals surface area contributed by atoms with Crippen molar-refractivity contribution in [2.75, 3.05) is 0 Å². The third-order valence-electron chi connectivity index (χ3n) is 2.96. The summed E-state index contributed by atoms with van der Waals surface area (Å²) in [5, 5.41) is 9.67. The van der Waals surface area contributed by atoms with E-state index in [0.29, 0.717) is 11.3 Å². The van der Waals surface area contributed by atoms with Crippen LogP contribution in [0, 0.1) is 6.92 Å². The molecule has 0 saturated heterocycles.